The summed E-state index contributed by atoms with van der Waals surface area (Å²) in [5, 5.41) is 9.14. The molecule has 1 aliphatic rings. The van der Waals surface area contributed by atoms with Crippen molar-refractivity contribution < 1.29 is 14.6 Å². The van der Waals surface area contributed by atoms with Gasteiger partial charge in [-0.05, 0) is 43.5 Å². The van der Waals surface area contributed by atoms with Crippen LogP contribution in [-0.4, -0.2) is 23.4 Å². The molecule has 1 unspecified atom stereocenters. The van der Waals surface area contributed by atoms with E-state index in [2.05, 4.69) is 0 Å². The zero-order chi connectivity index (χ0) is 12.4. The lowest BCUT2D eigenvalue weighted by atomic mass is 9.96. The molecule has 1 aromatic rings. The first-order chi connectivity index (χ1) is 8.15. The van der Waals surface area contributed by atoms with E-state index in [1.807, 2.05) is 19.9 Å². The maximum atomic E-state index is 11.1. The van der Waals surface area contributed by atoms with Crippen molar-refractivity contribution in [3.63, 3.8) is 0 Å². The Kier molecular flexibility index (Phi) is 3.74. The van der Waals surface area contributed by atoms with Crippen LogP contribution in [0.1, 0.15) is 40.9 Å². The van der Waals surface area contributed by atoms with Crippen molar-refractivity contribution in [1.82, 2.24) is 0 Å². The van der Waals surface area contributed by atoms with Gasteiger partial charge in [0.05, 0.1) is 11.7 Å². The van der Waals surface area contributed by atoms with E-state index in [1.54, 1.807) is 17.8 Å². The zero-order valence-electron chi connectivity index (χ0n) is 10.0. The molecule has 0 saturated heterocycles. The summed E-state index contributed by atoms with van der Waals surface area (Å²) in [6.45, 7) is 4.50. The molecule has 1 aromatic carbocycles. The molecule has 0 aliphatic carbocycles. The Labute approximate surface area is 105 Å². The number of ether oxygens (including phenoxy) is 1. The lowest BCUT2D eigenvalue weighted by molar-refractivity contribution is 0.0568. The zero-order valence-corrected chi connectivity index (χ0v) is 10.8. The summed E-state index contributed by atoms with van der Waals surface area (Å²) in [6.07, 6.45) is 1.01. The first kappa shape index (κ1) is 12.5. The topological polar surface area (TPSA) is 46.5 Å². The molecular formula is C13H16O3S. The smallest absolute Gasteiger partial charge is 0.335 e. The van der Waals surface area contributed by atoms with Crippen LogP contribution >= 0.6 is 11.8 Å². The number of rotatable bonds is 3. The normalized spacial score (nSPS) is 18.8. The summed E-state index contributed by atoms with van der Waals surface area (Å²) in [5.74, 6) is 0.167. The number of carboxylic acids is 1. The molecule has 0 saturated carbocycles. The first-order valence-corrected chi connectivity index (χ1v) is 6.75. The number of hydrogen-bond donors (Lipinski definition) is 1. The molecule has 1 aliphatic heterocycles. The van der Waals surface area contributed by atoms with E-state index in [0.29, 0.717) is 12.2 Å². The fourth-order valence-electron chi connectivity index (χ4n) is 2.25. The molecule has 4 heteroatoms. The van der Waals surface area contributed by atoms with Crippen LogP contribution in [0.2, 0.25) is 0 Å². The van der Waals surface area contributed by atoms with Gasteiger partial charge >= 0.3 is 5.97 Å². The molecule has 1 N–H and O–H groups in total. The SMILES string of the molecule is CCOC1CCSc2ccc(C(=O)O)c(C)c21. The summed E-state index contributed by atoms with van der Waals surface area (Å²) in [6, 6.07) is 3.60. The van der Waals surface area contributed by atoms with Crippen molar-refractivity contribution in [2.45, 2.75) is 31.3 Å². The maximum Gasteiger partial charge on any atom is 0.335 e. The van der Waals surface area contributed by atoms with Crippen molar-refractivity contribution >= 4 is 17.7 Å². The van der Waals surface area contributed by atoms with Gasteiger partial charge in [0.1, 0.15) is 0 Å². The minimum atomic E-state index is -0.865. The van der Waals surface area contributed by atoms with E-state index in [9.17, 15) is 4.79 Å². The van der Waals surface area contributed by atoms with E-state index >= 15 is 0 Å². The van der Waals surface area contributed by atoms with E-state index in [1.165, 1.54) is 0 Å². The van der Waals surface area contributed by atoms with Crippen LogP contribution in [-0.2, 0) is 4.74 Å². The van der Waals surface area contributed by atoms with E-state index in [-0.39, 0.29) is 6.10 Å². The first-order valence-electron chi connectivity index (χ1n) is 5.76. The minimum Gasteiger partial charge on any atom is -0.478 e. The van der Waals surface area contributed by atoms with Crippen LogP contribution in [0, 0.1) is 6.92 Å². The van der Waals surface area contributed by atoms with Crippen molar-refractivity contribution in [3.05, 3.63) is 28.8 Å². The second-order valence-corrected chi connectivity index (χ2v) is 5.17. The Bertz CT molecular complexity index is 443. The fraction of sp³-hybridized carbons (Fsp3) is 0.462. The molecule has 92 valence electrons. The quantitative estimate of drug-likeness (QED) is 0.897. The predicted octanol–water partition coefficient (Wildman–Crippen LogP) is 3.27. The highest BCUT2D eigenvalue weighted by atomic mass is 32.2. The van der Waals surface area contributed by atoms with Gasteiger partial charge in [0.2, 0.25) is 0 Å². The summed E-state index contributed by atoms with van der Waals surface area (Å²) in [4.78, 5) is 12.3. The average Bonchev–Trinajstić information content (AvgIpc) is 2.29. The molecule has 0 radical (unpaired) electrons. The van der Waals surface area contributed by atoms with Gasteiger partial charge in [-0.3, -0.25) is 0 Å². The standard InChI is InChI=1S/C13H16O3S/c1-3-16-10-6-7-17-11-5-4-9(13(14)15)8(2)12(10)11/h4-5,10H,3,6-7H2,1-2H3,(H,14,15). The molecule has 1 heterocycles. The monoisotopic (exact) mass is 252 g/mol. The fourth-order valence-corrected chi connectivity index (χ4v) is 3.41. The molecule has 3 nitrogen and oxygen atoms in total. The summed E-state index contributed by atoms with van der Waals surface area (Å²) >= 11 is 1.78. The summed E-state index contributed by atoms with van der Waals surface area (Å²) < 4.78 is 5.72. The van der Waals surface area contributed by atoms with Crippen molar-refractivity contribution in [2.75, 3.05) is 12.4 Å². The second-order valence-electron chi connectivity index (χ2n) is 4.04. The molecule has 2 rings (SSSR count). The van der Waals surface area contributed by atoms with Crippen LogP contribution in [0.5, 0.6) is 0 Å². The largest absolute Gasteiger partial charge is 0.478 e. The molecule has 0 bridgehead atoms. The van der Waals surface area contributed by atoms with Crippen molar-refractivity contribution in [1.29, 1.82) is 0 Å². The molecule has 17 heavy (non-hydrogen) atoms. The van der Waals surface area contributed by atoms with Crippen LogP contribution in [0.25, 0.3) is 0 Å². The lowest BCUT2D eigenvalue weighted by Crippen LogP contribution is -2.15. The van der Waals surface area contributed by atoms with Crippen LogP contribution in [0.4, 0.5) is 0 Å². The molecular weight excluding hydrogens is 236 g/mol. The third-order valence-electron chi connectivity index (χ3n) is 3.03. The third kappa shape index (κ3) is 2.33. The Morgan fingerprint density at radius 2 is 2.35 bits per heavy atom. The minimum absolute atomic E-state index is 0.0514. The van der Waals surface area contributed by atoms with Crippen LogP contribution in [0.3, 0.4) is 0 Å². The molecule has 1 atom stereocenters. The van der Waals surface area contributed by atoms with Gasteiger partial charge in [0.15, 0.2) is 0 Å². The van der Waals surface area contributed by atoms with Gasteiger partial charge in [0, 0.05) is 17.3 Å². The number of thioether (sulfide) groups is 1. The van der Waals surface area contributed by atoms with E-state index in [0.717, 1.165) is 28.2 Å². The number of carbonyl (C=O) groups is 1. The van der Waals surface area contributed by atoms with Gasteiger partial charge in [0.25, 0.3) is 0 Å². The predicted molar refractivity (Wildman–Crippen MR) is 67.8 cm³/mol. The Morgan fingerprint density at radius 3 is 3.00 bits per heavy atom. The molecule has 0 aromatic heterocycles. The van der Waals surface area contributed by atoms with Crippen molar-refractivity contribution in [2.24, 2.45) is 0 Å². The molecule has 0 spiro atoms. The number of hydrogen-bond acceptors (Lipinski definition) is 3. The highest BCUT2D eigenvalue weighted by molar-refractivity contribution is 7.99. The summed E-state index contributed by atoms with van der Waals surface area (Å²) in [5.41, 5.74) is 2.31. The van der Waals surface area contributed by atoms with Gasteiger partial charge in [-0.25, -0.2) is 4.79 Å². The molecule has 0 fully saturated rings. The lowest BCUT2D eigenvalue weighted by Gasteiger charge is -2.27. The van der Waals surface area contributed by atoms with Gasteiger partial charge in [-0.2, -0.15) is 0 Å². The van der Waals surface area contributed by atoms with E-state index < -0.39 is 5.97 Å². The number of benzene rings is 1. The highest BCUT2D eigenvalue weighted by Gasteiger charge is 2.25. The van der Waals surface area contributed by atoms with Gasteiger partial charge in [-0.1, -0.05) is 0 Å². The highest BCUT2D eigenvalue weighted by Crippen LogP contribution is 2.40. The number of carboxylic acid groups (broad SMARTS) is 1. The van der Waals surface area contributed by atoms with E-state index in [4.69, 9.17) is 9.84 Å². The number of aromatic carboxylic acids is 1. The Morgan fingerprint density at radius 1 is 1.59 bits per heavy atom. The average molecular weight is 252 g/mol. The third-order valence-corrected chi connectivity index (χ3v) is 4.14. The van der Waals surface area contributed by atoms with Crippen LogP contribution < -0.4 is 0 Å². The molecule has 0 amide bonds. The Balaban J connectivity index is 2.49. The Hall–Kier alpha value is -1.00. The van der Waals surface area contributed by atoms with Crippen molar-refractivity contribution in [3.8, 4) is 0 Å². The van der Waals surface area contributed by atoms with Crippen LogP contribution in [0.15, 0.2) is 17.0 Å². The summed E-state index contributed by atoms with van der Waals surface area (Å²) in [7, 11) is 0. The number of fused-ring (bicyclic) bond motifs is 1. The van der Waals surface area contributed by atoms with Gasteiger partial charge in [-0.15, -0.1) is 11.8 Å². The maximum absolute atomic E-state index is 11.1. The van der Waals surface area contributed by atoms with Gasteiger partial charge < -0.3 is 9.84 Å². The second kappa shape index (κ2) is 5.10.